The summed E-state index contributed by atoms with van der Waals surface area (Å²) < 4.78 is 0. The van der Waals surface area contributed by atoms with Crippen LogP contribution in [0.2, 0.25) is 0 Å². The molecule has 2 aliphatic carbocycles. The fourth-order valence-electron chi connectivity index (χ4n) is 2.77. The van der Waals surface area contributed by atoms with Crippen molar-refractivity contribution in [2.45, 2.75) is 32.1 Å². The Hall–Kier alpha value is -0.740. The van der Waals surface area contributed by atoms with Crippen LogP contribution in [0.25, 0.3) is 0 Å². The molecule has 2 rings (SSSR count). The van der Waals surface area contributed by atoms with Crippen molar-refractivity contribution >= 4 is 0 Å². The minimum atomic E-state index is 0.870. The molecule has 0 N–H and O–H groups in total. The summed E-state index contributed by atoms with van der Waals surface area (Å²) in [5.41, 5.74) is 6.02. The van der Waals surface area contributed by atoms with Crippen LogP contribution in [-0.4, -0.2) is 0 Å². The Kier molecular flexibility index (Phi) is 1.94. The van der Waals surface area contributed by atoms with Crippen molar-refractivity contribution in [2.24, 2.45) is 11.8 Å². The molecule has 64 valence electrons. The van der Waals surface area contributed by atoms with E-state index in [9.17, 15) is 0 Å². The molecular formula is C12H16. The van der Waals surface area contributed by atoms with Gasteiger partial charge in [-0.1, -0.05) is 18.7 Å². The monoisotopic (exact) mass is 160 g/mol. The quantitative estimate of drug-likeness (QED) is 0.376. The summed E-state index contributed by atoms with van der Waals surface area (Å²) in [5.74, 6) is 1.74. The topological polar surface area (TPSA) is 0 Å². The fraction of sp³-hybridized carbons (Fsp3) is 0.583. The van der Waals surface area contributed by atoms with E-state index in [1.807, 2.05) is 0 Å². The van der Waals surface area contributed by atoms with E-state index in [-0.39, 0.29) is 0 Å². The number of allylic oxidation sites excluding steroid dienone is 2. The van der Waals surface area contributed by atoms with E-state index in [0.29, 0.717) is 0 Å². The first kappa shape index (κ1) is 7.89. The van der Waals surface area contributed by atoms with Crippen LogP contribution in [0, 0.1) is 11.8 Å². The van der Waals surface area contributed by atoms with E-state index in [1.165, 1.54) is 43.3 Å². The van der Waals surface area contributed by atoms with Gasteiger partial charge in [-0.3, -0.25) is 0 Å². The first-order valence-corrected chi connectivity index (χ1v) is 4.82. The molecule has 0 spiro atoms. The van der Waals surface area contributed by atoms with Gasteiger partial charge >= 0.3 is 0 Å². The SMILES string of the molecule is C=C=C1CC2CC(=C)CC(C1)C2. The molecule has 0 saturated heterocycles. The third-order valence-electron chi connectivity index (χ3n) is 3.14. The van der Waals surface area contributed by atoms with Gasteiger partial charge in [0.1, 0.15) is 0 Å². The van der Waals surface area contributed by atoms with Crippen molar-refractivity contribution < 1.29 is 0 Å². The fourth-order valence-corrected chi connectivity index (χ4v) is 2.77. The van der Waals surface area contributed by atoms with Gasteiger partial charge in [-0.05, 0) is 49.5 Å². The molecule has 2 fully saturated rings. The number of fused-ring (bicyclic) bond motifs is 2. The maximum Gasteiger partial charge on any atom is -0.0212 e. The van der Waals surface area contributed by atoms with Gasteiger partial charge in [0.05, 0.1) is 0 Å². The molecule has 0 aliphatic heterocycles. The minimum Gasteiger partial charge on any atom is -0.130 e. The molecule has 0 radical (unpaired) electrons. The summed E-state index contributed by atoms with van der Waals surface area (Å²) in [6, 6.07) is 0. The third-order valence-corrected chi connectivity index (χ3v) is 3.14. The molecule has 2 aliphatic rings. The van der Waals surface area contributed by atoms with E-state index < -0.39 is 0 Å². The second-order valence-electron chi connectivity index (χ2n) is 4.31. The molecular weight excluding hydrogens is 144 g/mol. The second kappa shape index (κ2) is 2.95. The predicted molar refractivity (Wildman–Crippen MR) is 51.9 cm³/mol. The summed E-state index contributed by atoms with van der Waals surface area (Å²) in [7, 11) is 0. The number of hydrogen-bond donors (Lipinski definition) is 0. The molecule has 2 atom stereocenters. The normalized spacial score (nSPS) is 34.7. The van der Waals surface area contributed by atoms with Gasteiger partial charge < -0.3 is 0 Å². The van der Waals surface area contributed by atoms with Crippen LogP contribution in [-0.2, 0) is 0 Å². The molecule has 2 saturated carbocycles. The lowest BCUT2D eigenvalue weighted by Gasteiger charge is -2.36. The van der Waals surface area contributed by atoms with Crippen molar-refractivity contribution in [3.05, 3.63) is 30.0 Å². The van der Waals surface area contributed by atoms with E-state index in [2.05, 4.69) is 18.9 Å². The summed E-state index contributed by atoms with van der Waals surface area (Å²) in [5, 5.41) is 0. The Morgan fingerprint density at radius 2 is 1.67 bits per heavy atom. The number of hydrogen-bond acceptors (Lipinski definition) is 0. The van der Waals surface area contributed by atoms with Gasteiger partial charge in [0, 0.05) is 0 Å². The molecule has 0 aromatic carbocycles. The zero-order chi connectivity index (χ0) is 8.55. The van der Waals surface area contributed by atoms with E-state index in [1.54, 1.807) is 0 Å². The van der Waals surface area contributed by atoms with Crippen molar-refractivity contribution in [2.75, 3.05) is 0 Å². The summed E-state index contributed by atoms with van der Waals surface area (Å²) in [6.07, 6.45) is 6.39. The lowest BCUT2D eigenvalue weighted by atomic mass is 9.69. The summed E-state index contributed by atoms with van der Waals surface area (Å²) in [4.78, 5) is 0. The van der Waals surface area contributed by atoms with Gasteiger partial charge in [-0.15, -0.1) is 5.73 Å². The molecule has 0 heteroatoms. The van der Waals surface area contributed by atoms with Crippen molar-refractivity contribution in [1.82, 2.24) is 0 Å². The van der Waals surface area contributed by atoms with Crippen LogP contribution in [0.1, 0.15) is 32.1 Å². The van der Waals surface area contributed by atoms with Crippen LogP contribution in [0.3, 0.4) is 0 Å². The second-order valence-corrected chi connectivity index (χ2v) is 4.31. The first-order valence-electron chi connectivity index (χ1n) is 4.82. The van der Waals surface area contributed by atoms with Crippen molar-refractivity contribution in [3.63, 3.8) is 0 Å². The van der Waals surface area contributed by atoms with Crippen molar-refractivity contribution in [3.8, 4) is 0 Å². The highest BCUT2D eigenvalue weighted by molar-refractivity contribution is 5.13. The van der Waals surface area contributed by atoms with Gasteiger partial charge in [-0.25, -0.2) is 0 Å². The maximum atomic E-state index is 4.10. The van der Waals surface area contributed by atoms with E-state index in [4.69, 9.17) is 0 Å². The molecule has 12 heavy (non-hydrogen) atoms. The van der Waals surface area contributed by atoms with E-state index >= 15 is 0 Å². The minimum absolute atomic E-state index is 0.870. The molecule has 0 heterocycles. The highest BCUT2D eigenvalue weighted by atomic mass is 14.3. The molecule has 2 unspecified atom stereocenters. The zero-order valence-electron chi connectivity index (χ0n) is 7.60. The van der Waals surface area contributed by atoms with Crippen LogP contribution in [0.5, 0.6) is 0 Å². The highest BCUT2D eigenvalue weighted by Crippen LogP contribution is 2.43. The lowest BCUT2D eigenvalue weighted by Crippen LogP contribution is -2.23. The molecule has 0 aromatic heterocycles. The zero-order valence-corrected chi connectivity index (χ0v) is 7.60. The van der Waals surface area contributed by atoms with Gasteiger partial charge in [0.25, 0.3) is 0 Å². The summed E-state index contributed by atoms with van der Waals surface area (Å²) >= 11 is 0. The molecule has 0 nitrogen and oxygen atoms in total. The molecule has 0 amide bonds. The summed E-state index contributed by atoms with van der Waals surface area (Å²) in [6.45, 7) is 7.85. The van der Waals surface area contributed by atoms with Crippen LogP contribution in [0.4, 0.5) is 0 Å². The molecule has 0 aromatic rings. The third kappa shape index (κ3) is 1.40. The van der Waals surface area contributed by atoms with Crippen LogP contribution < -0.4 is 0 Å². The van der Waals surface area contributed by atoms with Crippen molar-refractivity contribution in [1.29, 1.82) is 0 Å². The predicted octanol–water partition coefficient (Wildman–Crippen LogP) is 3.46. The molecule has 2 bridgehead atoms. The first-order chi connectivity index (χ1) is 5.78. The Morgan fingerprint density at radius 1 is 1.08 bits per heavy atom. The Morgan fingerprint density at radius 3 is 2.17 bits per heavy atom. The highest BCUT2D eigenvalue weighted by Gasteiger charge is 2.29. The largest absolute Gasteiger partial charge is 0.130 e. The standard InChI is InChI=1S/C12H16/c1-3-10-6-11-4-9(2)5-12(7-10)8-11/h11-12H,1-2,4-8H2. The van der Waals surface area contributed by atoms with Crippen LogP contribution in [0.15, 0.2) is 30.0 Å². The Labute approximate surface area is 74.7 Å². The van der Waals surface area contributed by atoms with E-state index in [0.717, 1.165) is 11.8 Å². The van der Waals surface area contributed by atoms with Gasteiger partial charge in [0.2, 0.25) is 0 Å². The Bertz CT molecular complexity index is 235. The number of rotatable bonds is 0. The average molecular weight is 160 g/mol. The average Bonchev–Trinajstić information content (AvgIpc) is 2.02. The van der Waals surface area contributed by atoms with Gasteiger partial charge in [-0.2, -0.15) is 0 Å². The lowest BCUT2D eigenvalue weighted by molar-refractivity contribution is 0.274. The smallest absolute Gasteiger partial charge is 0.0212 e. The maximum absolute atomic E-state index is 4.10. The van der Waals surface area contributed by atoms with Crippen LogP contribution >= 0.6 is 0 Å². The Balaban J connectivity index is 2.15. The van der Waals surface area contributed by atoms with Gasteiger partial charge in [0.15, 0.2) is 0 Å².